The maximum Gasteiger partial charge on any atom is 0 e. The van der Waals surface area contributed by atoms with Crippen LogP contribution in [0.3, 0.4) is 0 Å². The monoisotopic (exact) mass is 218 g/mol. The van der Waals surface area contributed by atoms with Gasteiger partial charge in [0.1, 0.15) is 0 Å². The van der Waals surface area contributed by atoms with E-state index >= 15 is 0 Å². The first kappa shape index (κ1) is 22.8. The van der Waals surface area contributed by atoms with Gasteiger partial charge in [-0.15, -0.1) is 0 Å². The fraction of sp³-hybridized carbons (Fsp3) is 0.111. The average Bonchev–Trinajstić information content (AvgIpc) is 2.29. The predicted octanol–water partition coefficient (Wildman–Crippen LogP) is 1.59. The van der Waals surface area contributed by atoms with Crippen LogP contribution in [-0.2, 0) is 31.0 Å². The van der Waals surface area contributed by atoms with Crippen molar-refractivity contribution in [3.63, 3.8) is 0 Å². The SMILES string of the molecule is [C-]#[O+].[C-]#[O+].[C-]#[O+].[CH]1C=CC=CC1.[Mn]. The zero-order chi connectivity index (χ0) is 10.2. The third kappa shape index (κ3) is 35.0. The summed E-state index contributed by atoms with van der Waals surface area (Å²) in [6.07, 6.45) is 11.5. The Kier molecular flexibility index (Phi) is 75.3. The third-order valence-corrected chi connectivity index (χ3v) is 0.767. The normalized spacial score (nSPS) is 9.08. The van der Waals surface area contributed by atoms with Crippen molar-refractivity contribution in [2.24, 2.45) is 0 Å². The molecule has 3 nitrogen and oxygen atoms in total. The van der Waals surface area contributed by atoms with E-state index in [1.54, 1.807) is 0 Å². The van der Waals surface area contributed by atoms with Crippen LogP contribution in [-0.4, -0.2) is 0 Å². The standard InChI is InChI=1S/C6H7.3CO.Mn/c1-2-4-6-5-3-1;3*1-2;/h1-5H,6H2;;;;. The fourth-order valence-electron chi connectivity index (χ4n) is 0.457. The number of hydrogen-bond donors (Lipinski definition) is 0. The van der Waals surface area contributed by atoms with Crippen LogP contribution in [0.15, 0.2) is 24.3 Å². The third-order valence-electron chi connectivity index (χ3n) is 0.767. The molecule has 0 amide bonds. The summed E-state index contributed by atoms with van der Waals surface area (Å²) in [5.74, 6) is 0. The summed E-state index contributed by atoms with van der Waals surface area (Å²) in [6.45, 7) is 13.5. The summed E-state index contributed by atoms with van der Waals surface area (Å²) in [5.41, 5.74) is 0. The Morgan fingerprint density at radius 1 is 0.769 bits per heavy atom. The molecule has 1 aliphatic rings. The molecule has 0 heterocycles. The van der Waals surface area contributed by atoms with E-state index in [-0.39, 0.29) is 17.1 Å². The molecule has 0 aromatic carbocycles. The Morgan fingerprint density at radius 2 is 1.23 bits per heavy atom. The molecule has 0 atom stereocenters. The van der Waals surface area contributed by atoms with Crippen LogP contribution in [0.2, 0.25) is 0 Å². The summed E-state index contributed by atoms with van der Waals surface area (Å²) >= 11 is 0. The molecule has 0 saturated carbocycles. The second kappa shape index (κ2) is 43.0. The van der Waals surface area contributed by atoms with Gasteiger partial charge in [-0.05, 0) is 12.8 Å². The maximum absolute atomic E-state index is 7.50. The Hall–Kier alpha value is -0.781. The molecule has 2 radical (unpaired) electrons. The predicted molar refractivity (Wildman–Crippen MR) is 39.0 cm³/mol. The number of allylic oxidation sites excluding steroid dienone is 4. The van der Waals surface area contributed by atoms with E-state index in [0.29, 0.717) is 0 Å². The minimum Gasteiger partial charge on any atom is -0.0839 e. The molecular weight excluding hydrogens is 211 g/mol. The molecule has 0 aromatic heterocycles. The van der Waals surface area contributed by atoms with Gasteiger partial charge in [0, 0.05) is 17.1 Å². The molecule has 0 bridgehead atoms. The van der Waals surface area contributed by atoms with Crippen molar-refractivity contribution in [3.8, 4) is 0 Å². The van der Waals surface area contributed by atoms with Crippen molar-refractivity contribution in [3.05, 3.63) is 50.7 Å². The van der Waals surface area contributed by atoms with Crippen LogP contribution in [0.4, 0.5) is 0 Å². The zero-order valence-corrected chi connectivity index (χ0v) is 7.88. The molecule has 0 aromatic rings. The molecule has 4 heteroatoms. The van der Waals surface area contributed by atoms with Crippen molar-refractivity contribution in [2.75, 3.05) is 0 Å². The maximum atomic E-state index is 7.50. The van der Waals surface area contributed by atoms with Gasteiger partial charge in [0.15, 0.2) is 0 Å². The topological polar surface area (TPSA) is 59.7 Å². The first-order chi connectivity index (χ1) is 6.00. The van der Waals surface area contributed by atoms with Crippen molar-refractivity contribution in [1.82, 2.24) is 0 Å². The van der Waals surface area contributed by atoms with E-state index in [1.807, 2.05) is 6.08 Å². The smallest absolute Gasteiger partial charge is 0 e. The van der Waals surface area contributed by atoms with Gasteiger partial charge in [-0.1, -0.05) is 24.3 Å². The quantitative estimate of drug-likeness (QED) is 0.337. The molecule has 1 aliphatic carbocycles. The van der Waals surface area contributed by atoms with Gasteiger partial charge in [0.25, 0.3) is 0 Å². The Bertz CT molecular complexity index is 151. The first-order valence-corrected chi connectivity index (χ1v) is 2.76. The minimum atomic E-state index is 0. The Balaban J connectivity index is -0.0000000508. The molecule has 68 valence electrons. The van der Waals surface area contributed by atoms with Crippen LogP contribution >= 0.6 is 0 Å². The summed E-state index contributed by atoms with van der Waals surface area (Å²) in [7, 11) is 0. The molecule has 13 heavy (non-hydrogen) atoms. The van der Waals surface area contributed by atoms with Gasteiger partial charge in [-0.3, -0.25) is 0 Å². The number of hydrogen-bond acceptors (Lipinski definition) is 0. The van der Waals surface area contributed by atoms with Gasteiger partial charge in [0.05, 0.1) is 0 Å². The van der Waals surface area contributed by atoms with Gasteiger partial charge >= 0.3 is 33.9 Å². The van der Waals surface area contributed by atoms with Crippen molar-refractivity contribution < 1.29 is 31.0 Å². The zero-order valence-electron chi connectivity index (χ0n) is 6.70. The van der Waals surface area contributed by atoms with Crippen LogP contribution in [0.1, 0.15) is 6.42 Å². The van der Waals surface area contributed by atoms with Gasteiger partial charge in [-0.25, -0.2) is 0 Å². The molecule has 0 unspecified atom stereocenters. The molecule has 0 N–H and O–H groups in total. The summed E-state index contributed by atoms with van der Waals surface area (Å²) in [4.78, 5) is 0. The Morgan fingerprint density at radius 3 is 1.31 bits per heavy atom. The van der Waals surface area contributed by atoms with Gasteiger partial charge in [-0.2, -0.15) is 0 Å². The second-order valence-corrected chi connectivity index (χ2v) is 1.28. The van der Waals surface area contributed by atoms with Crippen LogP contribution in [0, 0.1) is 26.4 Å². The van der Waals surface area contributed by atoms with Crippen LogP contribution < -0.4 is 0 Å². The van der Waals surface area contributed by atoms with E-state index in [0.717, 1.165) is 6.42 Å². The second-order valence-electron chi connectivity index (χ2n) is 1.28. The van der Waals surface area contributed by atoms with E-state index in [9.17, 15) is 0 Å². The summed E-state index contributed by atoms with van der Waals surface area (Å²) < 4.78 is 22.5. The van der Waals surface area contributed by atoms with Gasteiger partial charge in [0.2, 0.25) is 0 Å². The first-order valence-electron chi connectivity index (χ1n) is 2.76. The Labute approximate surface area is 88.5 Å². The van der Waals surface area contributed by atoms with E-state index in [2.05, 4.69) is 44.6 Å². The largest absolute Gasteiger partial charge is 0.0839 e. The molecule has 0 saturated heterocycles. The molecule has 0 spiro atoms. The minimum absolute atomic E-state index is 0. The van der Waals surface area contributed by atoms with Crippen molar-refractivity contribution >= 4 is 0 Å². The fourth-order valence-corrected chi connectivity index (χ4v) is 0.457. The van der Waals surface area contributed by atoms with Crippen LogP contribution in [0.5, 0.6) is 0 Å². The van der Waals surface area contributed by atoms with E-state index in [1.165, 1.54) is 0 Å². The van der Waals surface area contributed by atoms with Crippen molar-refractivity contribution in [1.29, 1.82) is 0 Å². The molecular formula is C9H7MnO3. The summed E-state index contributed by atoms with van der Waals surface area (Å²) in [5, 5.41) is 0. The summed E-state index contributed by atoms with van der Waals surface area (Å²) in [6, 6.07) is 0. The number of rotatable bonds is 0. The molecule has 0 fully saturated rings. The van der Waals surface area contributed by atoms with Gasteiger partial charge < -0.3 is 0 Å². The molecule has 1 rings (SSSR count). The average molecular weight is 218 g/mol. The van der Waals surface area contributed by atoms with E-state index < -0.39 is 0 Å². The molecule has 0 aliphatic heterocycles. The van der Waals surface area contributed by atoms with E-state index in [4.69, 9.17) is 14.0 Å². The van der Waals surface area contributed by atoms with Crippen molar-refractivity contribution in [2.45, 2.75) is 6.42 Å². The van der Waals surface area contributed by atoms with Crippen LogP contribution in [0.25, 0.3) is 0 Å².